The predicted octanol–water partition coefficient (Wildman–Crippen LogP) is 2.97. The van der Waals surface area contributed by atoms with Crippen molar-refractivity contribution in [3.8, 4) is 11.5 Å². The molecule has 0 saturated carbocycles. The molecule has 2 aliphatic heterocycles. The summed E-state index contributed by atoms with van der Waals surface area (Å²) in [6, 6.07) is 3.55. The molecule has 0 unspecified atom stereocenters. The first-order valence-electron chi connectivity index (χ1n) is 7.57. The number of halogens is 3. The third-order valence-electron chi connectivity index (χ3n) is 4.68. The average Bonchev–Trinajstić information content (AvgIpc) is 3.00. The molecular weight excluding hydrogens is 379 g/mol. The van der Waals surface area contributed by atoms with Crippen molar-refractivity contribution in [1.82, 2.24) is 4.31 Å². The van der Waals surface area contributed by atoms with Gasteiger partial charge in [-0.3, -0.25) is 0 Å². The largest absolute Gasteiger partial charge is 0.573 e. The summed E-state index contributed by atoms with van der Waals surface area (Å²) in [7, 11) is -2.98. The topological polar surface area (TPSA) is 55.8 Å². The summed E-state index contributed by atoms with van der Waals surface area (Å²) in [5.41, 5.74) is -0.162. The number of hydrogen-bond donors (Lipinski definition) is 0. The number of hydrogen-bond acceptors (Lipinski definition) is 5. The van der Waals surface area contributed by atoms with Crippen LogP contribution in [0, 0.1) is 11.3 Å². The van der Waals surface area contributed by atoms with E-state index in [1.807, 2.05) is 6.92 Å². The Balaban J connectivity index is 2.02. The van der Waals surface area contributed by atoms with Gasteiger partial charge in [-0.25, -0.2) is 8.42 Å². The van der Waals surface area contributed by atoms with E-state index in [0.717, 1.165) is 17.6 Å². The van der Waals surface area contributed by atoms with Crippen LogP contribution in [0.4, 0.5) is 13.2 Å². The van der Waals surface area contributed by atoms with Gasteiger partial charge >= 0.3 is 6.36 Å². The standard InChI is InChI=1S/C15H18F3NO4S2/c1-14-8-19(6-10(14)7-24-9-14)25(20,21)13-11(22-2)4-3-5-12(13)23-15(16,17)18/h3-5,10H,6-9H2,1-2H3/t10-,14+/m1/s1. The van der Waals surface area contributed by atoms with E-state index in [2.05, 4.69) is 4.74 Å². The molecule has 25 heavy (non-hydrogen) atoms. The molecule has 2 heterocycles. The average molecular weight is 397 g/mol. The van der Waals surface area contributed by atoms with Crippen LogP contribution in [0.1, 0.15) is 6.92 Å². The molecule has 0 aromatic heterocycles. The van der Waals surface area contributed by atoms with Gasteiger partial charge in [0.2, 0.25) is 0 Å². The molecule has 0 bridgehead atoms. The Morgan fingerprint density at radius 1 is 1.32 bits per heavy atom. The van der Waals surface area contributed by atoms with Crippen molar-refractivity contribution < 1.29 is 31.1 Å². The minimum atomic E-state index is -5.00. The Morgan fingerprint density at radius 3 is 2.60 bits per heavy atom. The maximum Gasteiger partial charge on any atom is 0.573 e. The van der Waals surface area contributed by atoms with Crippen molar-refractivity contribution in [1.29, 1.82) is 0 Å². The lowest BCUT2D eigenvalue weighted by Gasteiger charge is -2.23. The van der Waals surface area contributed by atoms with E-state index in [0.29, 0.717) is 0 Å². The van der Waals surface area contributed by atoms with E-state index in [9.17, 15) is 21.6 Å². The SMILES string of the molecule is COc1cccc(OC(F)(F)F)c1S(=O)(=O)N1C[C@@H]2CSC[C@]2(C)C1. The van der Waals surface area contributed by atoms with Crippen molar-refractivity contribution in [3.05, 3.63) is 18.2 Å². The quantitative estimate of drug-likeness (QED) is 0.782. The van der Waals surface area contributed by atoms with Crippen LogP contribution in [0.15, 0.2) is 23.1 Å². The van der Waals surface area contributed by atoms with Gasteiger partial charge in [-0.05, 0) is 29.2 Å². The zero-order valence-corrected chi connectivity index (χ0v) is 15.3. The van der Waals surface area contributed by atoms with Crippen LogP contribution < -0.4 is 9.47 Å². The Morgan fingerprint density at radius 2 is 2.00 bits per heavy atom. The zero-order chi connectivity index (χ0) is 18.5. The molecule has 2 saturated heterocycles. The molecule has 1 aromatic rings. The van der Waals surface area contributed by atoms with Gasteiger partial charge in [-0.1, -0.05) is 13.0 Å². The van der Waals surface area contributed by atoms with E-state index in [-0.39, 0.29) is 30.2 Å². The Hall–Kier alpha value is -1.13. The zero-order valence-electron chi connectivity index (χ0n) is 13.7. The number of ether oxygens (including phenoxy) is 2. The van der Waals surface area contributed by atoms with E-state index in [1.165, 1.54) is 23.5 Å². The monoisotopic (exact) mass is 397 g/mol. The normalized spacial score (nSPS) is 27.3. The fourth-order valence-corrected chi connectivity index (χ4v) is 6.91. The second kappa shape index (κ2) is 6.24. The minimum absolute atomic E-state index is 0.162. The van der Waals surface area contributed by atoms with Crippen LogP contribution >= 0.6 is 11.8 Å². The van der Waals surface area contributed by atoms with Gasteiger partial charge in [0.1, 0.15) is 5.75 Å². The number of rotatable bonds is 4. The maximum absolute atomic E-state index is 13.1. The second-order valence-electron chi connectivity index (χ2n) is 6.50. The van der Waals surface area contributed by atoms with Gasteiger partial charge in [-0.15, -0.1) is 13.2 Å². The van der Waals surface area contributed by atoms with Crippen molar-refractivity contribution in [2.75, 3.05) is 31.7 Å². The molecule has 2 fully saturated rings. The molecule has 0 amide bonds. The Labute approximate surface area is 148 Å². The van der Waals surface area contributed by atoms with Crippen LogP contribution in [0.2, 0.25) is 0 Å². The van der Waals surface area contributed by atoms with Gasteiger partial charge in [0.05, 0.1) is 7.11 Å². The number of sulfonamides is 1. The summed E-state index contributed by atoms with van der Waals surface area (Å²) in [5, 5.41) is 0. The van der Waals surface area contributed by atoms with Gasteiger partial charge in [0.15, 0.2) is 10.6 Å². The highest BCUT2D eigenvalue weighted by Gasteiger charge is 2.51. The van der Waals surface area contributed by atoms with Crippen LogP contribution in [-0.2, 0) is 10.0 Å². The third kappa shape index (κ3) is 3.43. The van der Waals surface area contributed by atoms with Gasteiger partial charge in [-0.2, -0.15) is 16.1 Å². The van der Waals surface area contributed by atoms with E-state index in [4.69, 9.17) is 4.74 Å². The van der Waals surface area contributed by atoms with Crippen LogP contribution in [-0.4, -0.2) is 50.8 Å². The summed E-state index contributed by atoms with van der Waals surface area (Å²) in [4.78, 5) is -0.578. The molecule has 0 spiro atoms. The third-order valence-corrected chi connectivity index (χ3v) is 8.06. The van der Waals surface area contributed by atoms with Crippen LogP contribution in [0.3, 0.4) is 0 Å². The molecule has 0 radical (unpaired) electrons. The van der Waals surface area contributed by atoms with E-state index >= 15 is 0 Å². The summed E-state index contributed by atoms with van der Waals surface area (Å²) < 4.78 is 74.5. The Kier molecular flexibility index (Phi) is 4.66. The molecule has 5 nitrogen and oxygen atoms in total. The van der Waals surface area contributed by atoms with Crippen molar-refractivity contribution in [2.45, 2.75) is 18.2 Å². The fourth-order valence-electron chi connectivity index (χ4n) is 3.34. The number of methoxy groups -OCH3 is 1. The second-order valence-corrected chi connectivity index (χ2v) is 9.40. The fraction of sp³-hybridized carbons (Fsp3) is 0.600. The number of alkyl halides is 3. The highest BCUT2D eigenvalue weighted by atomic mass is 32.2. The van der Waals surface area contributed by atoms with Crippen molar-refractivity contribution >= 4 is 21.8 Å². The lowest BCUT2D eigenvalue weighted by molar-refractivity contribution is -0.275. The molecule has 2 aliphatic rings. The summed E-state index contributed by atoms with van der Waals surface area (Å²) in [6.07, 6.45) is -5.00. The molecule has 0 aliphatic carbocycles. The maximum atomic E-state index is 13.1. The number of fused-ring (bicyclic) bond motifs is 1. The Bertz CT molecular complexity index is 769. The van der Waals surface area contributed by atoms with E-state index in [1.54, 1.807) is 11.8 Å². The smallest absolute Gasteiger partial charge is 0.495 e. The molecule has 3 rings (SSSR count). The molecular formula is C15H18F3NO4S2. The number of thioether (sulfide) groups is 1. The number of benzene rings is 1. The highest BCUT2D eigenvalue weighted by molar-refractivity contribution is 7.99. The molecule has 2 atom stereocenters. The van der Waals surface area contributed by atoms with Crippen LogP contribution in [0.5, 0.6) is 11.5 Å². The van der Waals surface area contributed by atoms with Gasteiger partial charge in [0, 0.05) is 18.8 Å². The van der Waals surface area contributed by atoms with Gasteiger partial charge < -0.3 is 9.47 Å². The first-order chi connectivity index (χ1) is 11.6. The first-order valence-corrected chi connectivity index (χ1v) is 10.2. The lowest BCUT2D eigenvalue weighted by atomic mass is 9.84. The molecule has 1 aromatic carbocycles. The molecule has 10 heteroatoms. The summed E-state index contributed by atoms with van der Waals surface area (Å²) >= 11 is 1.77. The van der Waals surface area contributed by atoms with Crippen molar-refractivity contribution in [3.63, 3.8) is 0 Å². The minimum Gasteiger partial charge on any atom is -0.495 e. The summed E-state index contributed by atoms with van der Waals surface area (Å²) in [5.74, 6) is 0.928. The molecule has 140 valence electrons. The first kappa shape index (κ1) is 18.7. The van der Waals surface area contributed by atoms with Gasteiger partial charge in [0.25, 0.3) is 10.0 Å². The predicted molar refractivity (Wildman–Crippen MR) is 87.4 cm³/mol. The number of nitrogens with zero attached hydrogens (tertiary/aromatic N) is 1. The van der Waals surface area contributed by atoms with Crippen LogP contribution in [0.25, 0.3) is 0 Å². The lowest BCUT2D eigenvalue weighted by Crippen LogP contribution is -2.33. The highest BCUT2D eigenvalue weighted by Crippen LogP contribution is 2.49. The summed E-state index contributed by atoms with van der Waals surface area (Å²) in [6.45, 7) is 2.58. The molecule has 0 N–H and O–H groups in total. The van der Waals surface area contributed by atoms with Crippen molar-refractivity contribution in [2.24, 2.45) is 11.3 Å². The van der Waals surface area contributed by atoms with E-state index < -0.39 is 27.0 Å².